The highest BCUT2D eigenvalue weighted by atomic mass is 16.5. The molecule has 0 fully saturated rings. The van der Waals surface area contributed by atoms with Crippen molar-refractivity contribution in [3.8, 4) is 5.75 Å². The number of carbonyl (C=O) groups excluding carboxylic acids is 2. The van der Waals surface area contributed by atoms with Gasteiger partial charge in [0.1, 0.15) is 5.75 Å². The van der Waals surface area contributed by atoms with Gasteiger partial charge >= 0.3 is 5.97 Å². The summed E-state index contributed by atoms with van der Waals surface area (Å²) in [6, 6.07) is 3.30. The van der Waals surface area contributed by atoms with Crippen LogP contribution in [0.15, 0.2) is 18.2 Å². The molecule has 2 rings (SSSR count). The van der Waals surface area contributed by atoms with Crippen LogP contribution in [-0.2, 0) is 14.3 Å². The highest BCUT2D eigenvalue weighted by Gasteiger charge is 2.22. The van der Waals surface area contributed by atoms with Gasteiger partial charge in [-0.25, -0.2) is 4.79 Å². The van der Waals surface area contributed by atoms with Crippen molar-refractivity contribution in [3.05, 3.63) is 23.8 Å². The fourth-order valence-corrected chi connectivity index (χ4v) is 1.81. The molecule has 0 spiro atoms. The summed E-state index contributed by atoms with van der Waals surface area (Å²) < 4.78 is 9.90. The third-order valence-corrected chi connectivity index (χ3v) is 2.81. The fourth-order valence-electron chi connectivity index (χ4n) is 1.81. The molecule has 0 aromatic heterocycles. The number of benzene rings is 1. The van der Waals surface area contributed by atoms with Crippen molar-refractivity contribution < 1.29 is 29.0 Å². The monoisotopic (exact) mass is 294 g/mol. The van der Waals surface area contributed by atoms with E-state index in [4.69, 9.17) is 14.6 Å². The number of fused-ring (bicyclic) bond motifs is 1. The number of carboxylic acids is 1. The first-order valence-electron chi connectivity index (χ1n) is 6.10. The minimum Gasteiger partial charge on any atom is -0.482 e. The van der Waals surface area contributed by atoms with Crippen LogP contribution in [0.2, 0.25) is 0 Å². The summed E-state index contributed by atoms with van der Waals surface area (Å²) in [5.41, 5.74) is 0.583. The first kappa shape index (κ1) is 14.8. The fraction of sp³-hybridized carbons (Fsp3) is 0.308. The van der Waals surface area contributed by atoms with Gasteiger partial charge in [0.2, 0.25) is 0 Å². The number of rotatable bonds is 5. The van der Waals surface area contributed by atoms with Crippen LogP contribution in [-0.4, -0.2) is 49.3 Å². The van der Waals surface area contributed by atoms with Gasteiger partial charge in [0.15, 0.2) is 12.6 Å². The van der Waals surface area contributed by atoms with E-state index in [-0.39, 0.29) is 24.7 Å². The lowest BCUT2D eigenvalue weighted by atomic mass is 10.1. The van der Waals surface area contributed by atoms with E-state index in [0.717, 1.165) is 0 Å². The second-order valence-electron chi connectivity index (χ2n) is 4.37. The standard InChI is InChI=1S/C13H14N2O6/c1-20-5-9(13(18)19)15-12(17)7-2-3-10-8(4-7)14-11(16)6-21-10/h2-4,9H,5-6H2,1H3,(H,14,16)(H,15,17)(H,18,19). The largest absolute Gasteiger partial charge is 0.482 e. The lowest BCUT2D eigenvalue weighted by molar-refractivity contribution is -0.140. The molecule has 1 unspecified atom stereocenters. The lowest BCUT2D eigenvalue weighted by Crippen LogP contribution is -2.43. The first-order valence-corrected chi connectivity index (χ1v) is 6.10. The number of hydrogen-bond acceptors (Lipinski definition) is 5. The van der Waals surface area contributed by atoms with Gasteiger partial charge in [-0.3, -0.25) is 9.59 Å². The summed E-state index contributed by atoms with van der Waals surface area (Å²) in [5.74, 6) is -1.64. The second kappa shape index (κ2) is 6.23. The Bertz CT molecular complexity index is 586. The minimum atomic E-state index is -1.19. The number of methoxy groups -OCH3 is 1. The average Bonchev–Trinajstić information content (AvgIpc) is 2.45. The molecule has 0 saturated heterocycles. The number of ether oxygens (including phenoxy) is 2. The quantitative estimate of drug-likeness (QED) is 0.695. The van der Waals surface area contributed by atoms with Crippen molar-refractivity contribution in [2.24, 2.45) is 0 Å². The Labute approximate surface area is 120 Å². The maximum Gasteiger partial charge on any atom is 0.328 e. The van der Waals surface area contributed by atoms with Gasteiger partial charge in [0.05, 0.1) is 12.3 Å². The van der Waals surface area contributed by atoms with Crippen molar-refractivity contribution in [2.45, 2.75) is 6.04 Å². The molecule has 0 radical (unpaired) electrons. The topological polar surface area (TPSA) is 114 Å². The minimum absolute atomic E-state index is 0.0759. The molecular formula is C13H14N2O6. The number of amides is 2. The molecule has 1 atom stereocenters. The number of aliphatic carboxylic acids is 1. The Balaban J connectivity index is 2.14. The molecule has 3 N–H and O–H groups in total. The summed E-state index contributed by atoms with van der Waals surface area (Å²) in [6.45, 7) is -0.223. The third kappa shape index (κ3) is 3.48. The van der Waals surface area contributed by atoms with E-state index >= 15 is 0 Å². The smallest absolute Gasteiger partial charge is 0.328 e. The van der Waals surface area contributed by atoms with Gasteiger partial charge in [-0.15, -0.1) is 0 Å². The molecule has 1 aliphatic rings. The first-order chi connectivity index (χ1) is 10.0. The van der Waals surface area contributed by atoms with Crippen LogP contribution in [0.3, 0.4) is 0 Å². The van der Waals surface area contributed by atoms with Crippen molar-refractivity contribution in [1.29, 1.82) is 0 Å². The van der Waals surface area contributed by atoms with Gasteiger partial charge in [-0.1, -0.05) is 0 Å². The average molecular weight is 294 g/mol. The van der Waals surface area contributed by atoms with Crippen LogP contribution in [0.4, 0.5) is 5.69 Å². The second-order valence-corrected chi connectivity index (χ2v) is 4.37. The predicted octanol–water partition coefficient (Wildman–Crippen LogP) is -0.153. The molecule has 0 saturated carbocycles. The number of carbonyl (C=O) groups is 3. The molecule has 1 aromatic carbocycles. The number of hydrogen-bond donors (Lipinski definition) is 3. The summed E-state index contributed by atoms with van der Waals surface area (Å²) in [4.78, 5) is 34.2. The Morgan fingerprint density at radius 3 is 2.95 bits per heavy atom. The number of nitrogens with one attached hydrogen (secondary N) is 2. The molecule has 1 aromatic rings. The Kier molecular flexibility index (Phi) is 4.39. The van der Waals surface area contributed by atoms with Crippen LogP contribution in [0.25, 0.3) is 0 Å². The molecule has 2 amide bonds. The van der Waals surface area contributed by atoms with Gasteiger partial charge in [0, 0.05) is 12.7 Å². The SMILES string of the molecule is COCC(NC(=O)c1ccc2c(c1)NC(=O)CO2)C(=O)O. The summed E-state index contributed by atoms with van der Waals surface area (Å²) in [6.07, 6.45) is 0. The van der Waals surface area contributed by atoms with Gasteiger partial charge in [-0.05, 0) is 18.2 Å². The van der Waals surface area contributed by atoms with Crippen molar-refractivity contribution in [1.82, 2.24) is 5.32 Å². The van der Waals surface area contributed by atoms with E-state index in [1.54, 1.807) is 0 Å². The molecule has 112 valence electrons. The molecule has 8 nitrogen and oxygen atoms in total. The zero-order chi connectivity index (χ0) is 15.4. The molecule has 0 aliphatic carbocycles. The van der Waals surface area contributed by atoms with Crippen molar-refractivity contribution in [3.63, 3.8) is 0 Å². The van der Waals surface area contributed by atoms with Crippen LogP contribution in [0.5, 0.6) is 5.75 Å². The van der Waals surface area contributed by atoms with E-state index < -0.39 is 17.9 Å². The molecular weight excluding hydrogens is 280 g/mol. The molecule has 21 heavy (non-hydrogen) atoms. The summed E-state index contributed by atoms with van der Waals surface area (Å²) >= 11 is 0. The van der Waals surface area contributed by atoms with Gasteiger partial charge < -0.3 is 25.2 Å². The van der Waals surface area contributed by atoms with Crippen molar-refractivity contribution in [2.75, 3.05) is 25.6 Å². The van der Waals surface area contributed by atoms with Crippen LogP contribution in [0.1, 0.15) is 10.4 Å². The van der Waals surface area contributed by atoms with E-state index in [0.29, 0.717) is 11.4 Å². The summed E-state index contributed by atoms with van der Waals surface area (Å²) in [7, 11) is 1.34. The predicted molar refractivity (Wildman–Crippen MR) is 71.3 cm³/mol. The maximum atomic E-state index is 12.0. The highest BCUT2D eigenvalue weighted by molar-refractivity contribution is 6.00. The van der Waals surface area contributed by atoms with Crippen LogP contribution >= 0.6 is 0 Å². The van der Waals surface area contributed by atoms with E-state index in [2.05, 4.69) is 10.6 Å². The lowest BCUT2D eigenvalue weighted by Gasteiger charge is -2.19. The summed E-state index contributed by atoms with van der Waals surface area (Å²) in [5, 5.41) is 13.9. The van der Waals surface area contributed by atoms with Crippen LogP contribution < -0.4 is 15.4 Å². The third-order valence-electron chi connectivity index (χ3n) is 2.81. The Hall–Kier alpha value is -2.61. The Morgan fingerprint density at radius 1 is 1.52 bits per heavy atom. The van der Waals surface area contributed by atoms with Crippen LogP contribution in [0, 0.1) is 0 Å². The van der Waals surface area contributed by atoms with Gasteiger partial charge in [0.25, 0.3) is 11.8 Å². The zero-order valence-electron chi connectivity index (χ0n) is 11.2. The van der Waals surface area contributed by atoms with Crippen molar-refractivity contribution >= 4 is 23.5 Å². The Morgan fingerprint density at radius 2 is 2.29 bits per heavy atom. The maximum absolute atomic E-state index is 12.0. The van der Waals surface area contributed by atoms with E-state index in [9.17, 15) is 14.4 Å². The molecule has 1 heterocycles. The molecule has 1 aliphatic heterocycles. The zero-order valence-corrected chi connectivity index (χ0v) is 11.2. The normalized spacial score (nSPS) is 14.4. The molecule has 0 bridgehead atoms. The molecule has 8 heteroatoms. The highest BCUT2D eigenvalue weighted by Crippen LogP contribution is 2.28. The number of anilines is 1. The van der Waals surface area contributed by atoms with E-state index in [1.165, 1.54) is 25.3 Å². The van der Waals surface area contributed by atoms with E-state index in [1.807, 2.05) is 0 Å². The van der Waals surface area contributed by atoms with Gasteiger partial charge in [-0.2, -0.15) is 0 Å². The number of carboxylic acid groups (broad SMARTS) is 1.